The molecule has 82 valence electrons. The molecular formula is C11H17N3O. The molecule has 0 N–H and O–H groups in total. The number of nitriles is 1. The summed E-state index contributed by atoms with van der Waals surface area (Å²) in [7, 11) is 1.84. The molecule has 1 saturated carbocycles. The Morgan fingerprint density at radius 2 is 2.20 bits per heavy atom. The fraction of sp³-hybridized carbons (Fsp3) is 0.818. The van der Waals surface area contributed by atoms with E-state index in [1.807, 2.05) is 7.05 Å². The van der Waals surface area contributed by atoms with Gasteiger partial charge in [0.25, 0.3) is 0 Å². The fourth-order valence-electron chi connectivity index (χ4n) is 2.59. The van der Waals surface area contributed by atoms with Crippen LogP contribution in [0.25, 0.3) is 0 Å². The predicted octanol–water partition coefficient (Wildman–Crippen LogP) is 0.453. The number of likely N-dealkylation sites (N-methyl/N-ethyl adjacent to an activating group) is 1. The molecule has 1 saturated heterocycles. The van der Waals surface area contributed by atoms with Crippen molar-refractivity contribution in [1.82, 2.24) is 9.80 Å². The van der Waals surface area contributed by atoms with E-state index in [1.165, 1.54) is 0 Å². The monoisotopic (exact) mass is 207 g/mol. The van der Waals surface area contributed by atoms with E-state index < -0.39 is 0 Å². The summed E-state index contributed by atoms with van der Waals surface area (Å²) in [6.07, 6.45) is 3.21. The van der Waals surface area contributed by atoms with E-state index in [0.29, 0.717) is 12.6 Å². The van der Waals surface area contributed by atoms with Crippen LogP contribution in [-0.2, 0) is 4.79 Å². The van der Waals surface area contributed by atoms with Gasteiger partial charge in [0.1, 0.15) is 0 Å². The lowest BCUT2D eigenvalue weighted by molar-refractivity contribution is -0.135. The first-order chi connectivity index (χ1) is 7.22. The molecule has 1 amide bonds. The lowest BCUT2D eigenvalue weighted by Gasteiger charge is -2.36. The third-order valence-electron chi connectivity index (χ3n) is 3.60. The van der Waals surface area contributed by atoms with E-state index in [4.69, 9.17) is 5.26 Å². The quantitative estimate of drug-likeness (QED) is 0.627. The summed E-state index contributed by atoms with van der Waals surface area (Å²) in [6.45, 7) is 2.22. The Hall–Kier alpha value is -1.08. The number of hydrogen-bond donors (Lipinski definition) is 0. The summed E-state index contributed by atoms with van der Waals surface area (Å²) in [6, 6.07) is 2.70. The number of amides is 1. The summed E-state index contributed by atoms with van der Waals surface area (Å²) in [5.74, 6) is 0.325. The van der Waals surface area contributed by atoms with Gasteiger partial charge in [0, 0.05) is 26.2 Å². The smallest absolute Gasteiger partial charge is 0.236 e. The third-order valence-corrected chi connectivity index (χ3v) is 3.60. The molecule has 2 fully saturated rings. The Kier molecular flexibility index (Phi) is 2.92. The maximum atomic E-state index is 11.6. The van der Waals surface area contributed by atoms with Gasteiger partial charge in [0.15, 0.2) is 0 Å². The van der Waals surface area contributed by atoms with Crippen molar-refractivity contribution in [3.8, 4) is 6.07 Å². The molecule has 0 aromatic heterocycles. The van der Waals surface area contributed by atoms with Gasteiger partial charge >= 0.3 is 0 Å². The first kappa shape index (κ1) is 10.4. The molecule has 0 aromatic carbocycles. The van der Waals surface area contributed by atoms with Crippen molar-refractivity contribution in [2.75, 3.05) is 26.7 Å². The van der Waals surface area contributed by atoms with Gasteiger partial charge in [0.05, 0.1) is 18.5 Å². The van der Waals surface area contributed by atoms with Crippen LogP contribution in [0.5, 0.6) is 0 Å². The summed E-state index contributed by atoms with van der Waals surface area (Å²) in [5.41, 5.74) is 0. The van der Waals surface area contributed by atoms with Crippen molar-refractivity contribution in [2.45, 2.75) is 25.3 Å². The van der Waals surface area contributed by atoms with Crippen LogP contribution in [-0.4, -0.2) is 48.4 Å². The zero-order chi connectivity index (χ0) is 10.8. The average molecular weight is 207 g/mol. The predicted molar refractivity (Wildman–Crippen MR) is 56.0 cm³/mol. The molecule has 2 rings (SSSR count). The van der Waals surface area contributed by atoms with Gasteiger partial charge in [-0.1, -0.05) is 6.42 Å². The third kappa shape index (κ3) is 1.98. The van der Waals surface area contributed by atoms with E-state index in [2.05, 4.69) is 11.0 Å². The van der Waals surface area contributed by atoms with Crippen LogP contribution in [0.1, 0.15) is 19.3 Å². The van der Waals surface area contributed by atoms with Gasteiger partial charge < -0.3 is 4.90 Å². The van der Waals surface area contributed by atoms with E-state index in [9.17, 15) is 4.79 Å². The molecule has 0 spiro atoms. The normalized spacial score (nSPS) is 33.1. The number of carbonyl (C=O) groups is 1. The number of nitrogens with zero attached hydrogens (tertiary/aromatic N) is 3. The van der Waals surface area contributed by atoms with Gasteiger partial charge in [-0.15, -0.1) is 0 Å². The Morgan fingerprint density at radius 3 is 2.87 bits per heavy atom. The summed E-state index contributed by atoms with van der Waals surface area (Å²) in [4.78, 5) is 15.5. The first-order valence-corrected chi connectivity index (χ1v) is 5.60. The van der Waals surface area contributed by atoms with Crippen LogP contribution in [0.3, 0.4) is 0 Å². The van der Waals surface area contributed by atoms with Crippen molar-refractivity contribution >= 4 is 5.91 Å². The largest absolute Gasteiger partial charge is 0.343 e. The second kappa shape index (κ2) is 4.19. The van der Waals surface area contributed by atoms with Crippen molar-refractivity contribution in [1.29, 1.82) is 5.26 Å². The number of rotatable bonds is 1. The standard InChI is InChI=1S/C11H17N3O/c1-13-5-6-14(8-11(13)15)10-4-2-3-9(10)7-12/h9-10H,2-6,8H2,1H3. The minimum absolute atomic E-state index is 0.140. The molecule has 1 aliphatic heterocycles. The highest BCUT2D eigenvalue weighted by Gasteiger charge is 2.35. The molecule has 0 bridgehead atoms. The van der Waals surface area contributed by atoms with Crippen molar-refractivity contribution in [3.05, 3.63) is 0 Å². The lowest BCUT2D eigenvalue weighted by atomic mass is 10.0. The zero-order valence-electron chi connectivity index (χ0n) is 9.15. The van der Waals surface area contributed by atoms with Crippen LogP contribution in [0, 0.1) is 17.2 Å². The van der Waals surface area contributed by atoms with Crippen molar-refractivity contribution < 1.29 is 4.79 Å². The van der Waals surface area contributed by atoms with E-state index in [0.717, 1.165) is 32.4 Å². The van der Waals surface area contributed by atoms with E-state index >= 15 is 0 Å². The fourth-order valence-corrected chi connectivity index (χ4v) is 2.59. The Balaban J connectivity index is 2.00. The number of carbonyl (C=O) groups excluding carboxylic acids is 1. The van der Waals surface area contributed by atoms with Crippen molar-refractivity contribution in [2.24, 2.45) is 5.92 Å². The highest BCUT2D eigenvalue weighted by Crippen LogP contribution is 2.29. The van der Waals surface area contributed by atoms with Gasteiger partial charge in [-0.2, -0.15) is 5.26 Å². The molecule has 1 heterocycles. The van der Waals surface area contributed by atoms with E-state index in [-0.39, 0.29) is 11.8 Å². The van der Waals surface area contributed by atoms with E-state index in [1.54, 1.807) is 4.90 Å². The highest BCUT2D eigenvalue weighted by molar-refractivity contribution is 5.78. The lowest BCUT2D eigenvalue weighted by Crippen LogP contribution is -2.52. The summed E-state index contributed by atoms with van der Waals surface area (Å²) >= 11 is 0. The minimum Gasteiger partial charge on any atom is -0.343 e. The molecule has 15 heavy (non-hydrogen) atoms. The Morgan fingerprint density at radius 1 is 1.40 bits per heavy atom. The molecule has 0 aromatic rings. The first-order valence-electron chi connectivity index (χ1n) is 5.60. The number of piperazine rings is 1. The Bertz CT molecular complexity index is 297. The minimum atomic E-state index is 0.140. The van der Waals surface area contributed by atoms with Crippen LogP contribution in [0.2, 0.25) is 0 Å². The van der Waals surface area contributed by atoms with Crippen LogP contribution >= 0.6 is 0 Å². The molecule has 2 atom stereocenters. The molecule has 4 nitrogen and oxygen atoms in total. The van der Waals surface area contributed by atoms with Crippen LogP contribution < -0.4 is 0 Å². The molecule has 0 radical (unpaired) electrons. The summed E-state index contributed by atoms with van der Waals surface area (Å²) in [5, 5.41) is 9.01. The van der Waals surface area contributed by atoms with Crippen molar-refractivity contribution in [3.63, 3.8) is 0 Å². The molecule has 2 unspecified atom stereocenters. The van der Waals surface area contributed by atoms with Gasteiger partial charge in [-0.3, -0.25) is 9.69 Å². The Labute approximate surface area is 90.5 Å². The maximum Gasteiger partial charge on any atom is 0.236 e. The maximum absolute atomic E-state index is 11.6. The molecule has 4 heteroatoms. The van der Waals surface area contributed by atoms with Crippen LogP contribution in [0.4, 0.5) is 0 Å². The molecule has 2 aliphatic rings. The van der Waals surface area contributed by atoms with Gasteiger partial charge in [0.2, 0.25) is 5.91 Å². The van der Waals surface area contributed by atoms with Gasteiger partial charge in [-0.25, -0.2) is 0 Å². The highest BCUT2D eigenvalue weighted by atomic mass is 16.2. The molecule has 1 aliphatic carbocycles. The topological polar surface area (TPSA) is 47.3 Å². The second-order valence-electron chi connectivity index (χ2n) is 4.52. The molecular weight excluding hydrogens is 190 g/mol. The van der Waals surface area contributed by atoms with Gasteiger partial charge in [-0.05, 0) is 12.8 Å². The SMILES string of the molecule is CN1CCN(C2CCCC2C#N)CC1=O. The van der Waals surface area contributed by atoms with Crippen LogP contribution in [0.15, 0.2) is 0 Å². The average Bonchev–Trinajstić information content (AvgIpc) is 2.70. The zero-order valence-corrected chi connectivity index (χ0v) is 9.15. The summed E-state index contributed by atoms with van der Waals surface area (Å²) < 4.78 is 0. The number of hydrogen-bond acceptors (Lipinski definition) is 3. The second-order valence-corrected chi connectivity index (χ2v) is 4.52.